The molecule has 0 radical (unpaired) electrons. The van der Waals surface area contributed by atoms with Crippen LogP contribution in [0.4, 0.5) is 0 Å². The first-order chi connectivity index (χ1) is 9.26. The Hall–Kier alpha value is -0.390. The van der Waals surface area contributed by atoms with Gasteiger partial charge in [-0.15, -0.1) is 0 Å². The van der Waals surface area contributed by atoms with Gasteiger partial charge in [-0.05, 0) is 54.1 Å². The van der Waals surface area contributed by atoms with Crippen LogP contribution in [0, 0.1) is 5.92 Å². The number of nitrogens with zero attached hydrogens (tertiary/aromatic N) is 2. The normalized spacial score (nSPS) is 16.8. The van der Waals surface area contributed by atoms with E-state index in [1.165, 1.54) is 25.0 Å². The topological polar surface area (TPSA) is 39.1 Å². The van der Waals surface area contributed by atoms with Crippen molar-refractivity contribution in [3.63, 3.8) is 0 Å². The molecule has 1 aliphatic rings. The fraction of sp³-hybridized carbons (Fsp3) is 0.786. The predicted molar refractivity (Wildman–Crippen MR) is 80.3 cm³/mol. The number of halogens is 1. The summed E-state index contributed by atoms with van der Waals surface area (Å²) in [6.07, 6.45) is 6.93. The first kappa shape index (κ1) is 15.0. The van der Waals surface area contributed by atoms with Crippen molar-refractivity contribution < 1.29 is 4.74 Å². The highest BCUT2D eigenvalue weighted by molar-refractivity contribution is 9.10. The van der Waals surface area contributed by atoms with Crippen LogP contribution in [0.5, 0.6) is 0 Å². The van der Waals surface area contributed by atoms with E-state index in [-0.39, 0.29) is 0 Å². The number of hydrogen-bond donors (Lipinski definition) is 1. The van der Waals surface area contributed by atoms with Gasteiger partial charge in [0, 0.05) is 13.2 Å². The Balaban J connectivity index is 1.91. The summed E-state index contributed by atoms with van der Waals surface area (Å²) in [5.74, 6) is 0.897. The monoisotopic (exact) mass is 329 g/mol. The van der Waals surface area contributed by atoms with Crippen LogP contribution in [0.25, 0.3) is 0 Å². The van der Waals surface area contributed by atoms with Crippen molar-refractivity contribution in [3.05, 3.63) is 16.4 Å². The lowest BCUT2D eigenvalue weighted by Crippen LogP contribution is -2.31. The van der Waals surface area contributed by atoms with Gasteiger partial charge in [0.05, 0.1) is 29.5 Å². The van der Waals surface area contributed by atoms with Crippen LogP contribution in [-0.4, -0.2) is 36.1 Å². The van der Waals surface area contributed by atoms with Crippen LogP contribution in [0.1, 0.15) is 31.9 Å². The number of ether oxygens (including phenoxy) is 1. The average molecular weight is 330 g/mol. The molecule has 1 aliphatic carbocycles. The third-order valence-electron chi connectivity index (χ3n) is 3.75. The molecule has 0 bridgehead atoms. The summed E-state index contributed by atoms with van der Waals surface area (Å²) in [4.78, 5) is 0. The Morgan fingerprint density at radius 3 is 3.00 bits per heavy atom. The standard InChI is InChI=1S/C14H24BrN3O/c1-3-16-13(11-4-5-11)6-7-14-12(15)10-17-18(14)8-9-19-2/h10-11,13,16H,3-9H2,1-2H3. The Morgan fingerprint density at radius 1 is 1.58 bits per heavy atom. The van der Waals surface area contributed by atoms with Crippen molar-refractivity contribution in [1.29, 1.82) is 0 Å². The average Bonchev–Trinajstić information content (AvgIpc) is 3.18. The van der Waals surface area contributed by atoms with Gasteiger partial charge in [0.1, 0.15) is 0 Å². The van der Waals surface area contributed by atoms with Crippen molar-refractivity contribution >= 4 is 15.9 Å². The van der Waals surface area contributed by atoms with Gasteiger partial charge in [-0.25, -0.2) is 0 Å². The molecule has 108 valence electrons. The van der Waals surface area contributed by atoms with Crippen LogP contribution in [-0.2, 0) is 17.7 Å². The minimum atomic E-state index is 0.669. The molecule has 1 aromatic rings. The second-order valence-corrected chi connectivity index (χ2v) is 6.05. The fourth-order valence-corrected chi connectivity index (χ4v) is 3.06. The molecule has 1 aromatic heterocycles. The van der Waals surface area contributed by atoms with Crippen LogP contribution >= 0.6 is 15.9 Å². The zero-order valence-electron chi connectivity index (χ0n) is 11.9. The van der Waals surface area contributed by atoms with E-state index < -0.39 is 0 Å². The Bertz CT molecular complexity index is 390. The minimum Gasteiger partial charge on any atom is -0.383 e. The highest BCUT2D eigenvalue weighted by atomic mass is 79.9. The smallest absolute Gasteiger partial charge is 0.0658 e. The molecule has 0 aliphatic heterocycles. The minimum absolute atomic E-state index is 0.669. The number of hydrogen-bond acceptors (Lipinski definition) is 3. The number of methoxy groups -OCH3 is 1. The van der Waals surface area contributed by atoms with Gasteiger partial charge < -0.3 is 10.1 Å². The molecule has 0 spiro atoms. The van der Waals surface area contributed by atoms with Crippen LogP contribution in [0.2, 0.25) is 0 Å². The molecular formula is C14H24BrN3O. The zero-order valence-corrected chi connectivity index (χ0v) is 13.4. The van der Waals surface area contributed by atoms with Crippen molar-refractivity contribution in [2.75, 3.05) is 20.3 Å². The second kappa shape index (κ2) is 7.41. The van der Waals surface area contributed by atoms with Crippen molar-refractivity contribution in [1.82, 2.24) is 15.1 Å². The van der Waals surface area contributed by atoms with Gasteiger partial charge >= 0.3 is 0 Å². The SMILES string of the molecule is CCNC(CCc1c(Br)cnn1CCOC)C1CC1. The summed E-state index contributed by atoms with van der Waals surface area (Å²) < 4.78 is 8.31. The molecule has 0 aromatic carbocycles. The molecule has 19 heavy (non-hydrogen) atoms. The molecular weight excluding hydrogens is 306 g/mol. The fourth-order valence-electron chi connectivity index (χ4n) is 2.56. The lowest BCUT2D eigenvalue weighted by Gasteiger charge is -2.17. The third kappa shape index (κ3) is 4.29. The first-order valence-corrected chi connectivity index (χ1v) is 7.98. The lowest BCUT2D eigenvalue weighted by molar-refractivity contribution is 0.182. The molecule has 1 heterocycles. The summed E-state index contributed by atoms with van der Waals surface area (Å²) in [5, 5.41) is 8.03. The van der Waals surface area contributed by atoms with E-state index in [4.69, 9.17) is 4.74 Å². The van der Waals surface area contributed by atoms with Crippen LogP contribution < -0.4 is 5.32 Å². The van der Waals surface area contributed by atoms with E-state index in [1.807, 2.05) is 6.20 Å². The molecule has 1 atom stereocenters. The molecule has 1 unspecified atom stereocenters. The van der Waals surface area contributed by atoms with E-state index in [0.29, 0.717) is 12.6 Å². The van der Waals surface area contributed by atoms with Gasteiger partial charge in [0.25, 0.3) is 0 Å². The van der Waals surface area contributed by atoms with Crippen LogP contribution in [0.3, 0.4) is 0 Å². The van der Waals surface area contributed by atoms with E-state index in [2.05, 4.69) is 38.0 Å². The molecule has 1 fully saturated rings. The van der Waals surface area contributed by atoms with Gasteiger partial charge in [-0.2, -0.15) is 5.10 Å². The van der Waals surface area contributed by atoms with Gasteiger partial charge in [0.15, 0.2) is 0 Å². The van der Waals surface area contributed by atoms with Crippen LogP contribution in [0.15, 0.2) is 10.7 Å². The maximum Gasteiger partial charge on any atom is 0.0658 e. The number of nitrogens with one attached hydrogen (secondary N) is 1. The van der Waals surface area contributed by atoms with Crippen molar-refractivity contribution in [3.8, 4) is 0 Å². The molecule has 4 nitrogen and oxygen atoms in total. The van der Waals surface area contributed by atoms with E-state index in [0.717, 1.165) is 29.9 Å². The van der Waals surface area contributed by atoms with Gasteiger partial charge in [-0.3, -0.25) is 4.68 Å². The van der Waals surface area contributed by atoms with E-state index in [9.17, 15) is 0 Å². The zero-order chi connectivity index (χ0) is 13.7. The predicted octanol–water partition coefficient (Wildman–Crippen LogP) is 2.61. The van der Waals surface area contributed by atoms with Gasteiger partial charge in [-0.1, -0.05) is 6.92 Å². The second-order valence-electron chi connectivity index (χ2n) is 5.20. The van der Waals surface area contributed by atoms with Gasteiger partial charge in [0.2, 0.25) is 0 Å². The molecule has 2 rings (SSSR count). The maximum absolute atomic E-state index is 5.13. The Labute approximate surface area is 124 Å². The highest BCUT2D eigenvalue weighted by Gasteiger charge is 2.30. The maximum atomic E-state index is 5.13. The molecule has 5 heteroatoms. The summed E-state index contributed by atoms with van der Waals surface area (Å²) in [6.45, 7) is 4.78. The van der Waals surface area contributed by atoms with E-state index in [1.54, 1.807) is 7.11 Å². The van der Waals surface area contributed by atoms with Crippen molar-refractivity contribution in [2.24, 2.45) is 5.92 Å². The summed E-state index contributed by atoms with van der Waals surface area (Å²) in [6, 6.07) is 0.669. The molecule has 1 N–H and O–H groups in total. The molecule has 1 saturated carbocycles. The summed E-state index contributed by atoms with van der Waals surface area (Å²) in [5.41, 5.74) is 1.29. The Kier molecular flexibility index (Phi) is 5.85. The number of aromatic nitrogens is 2. The summed E-state index contributed by atoms with van der Waals surface area (Å²) in [7, 11) is 1.73. The third-order valence-corrected chi connectivity index (χ3v) is 4.42. The first-order valence-electron chi connectivity index (χ1n) is 7.18. The molecule has 0 saturated heterocycles. The van der Waals surface area contributed by atoms with Crippen molar-refractivity contribution in [2.45, 2.75) is 45.2 Å². The highest BCUT2D eigenvalue weighted by Crippen LogP contribution is 2.34. The number of rotatable bonds is 9. The Morgan fingerprint density at radius 2 is 2.37 bits per heavy atom. The summed E-state index contributed by atoms with van der Waals surface area (Å²) >= 11 is 3.61. The quantitative estimate of drug-likeness (QED) is 0.756. The molecule has 0 amide bonds. The van der Waals surface area contributed by atoms with E-state index >= 15 is 0 Å². The lowest BCUT2D eigenvalue weighted by atomic mass is 10.1. The largest absolute Gasteiger partial charge is 0.383 e.